The Hall–Kier alpha value is -3.54. The highest BCUT2D eigenvalue weighted by Gasteiger charge is 2.11. The van der Waals surface area contributed by atoms with Crippen molar-refractivity contribution in [3.63, 3.8) is 0 Å². The smallest absolute Gasteiger partial charge is 0.286 e. The van der Waals surface area contributed by atoms with Gasteiger partial charge in [-0.3, -0.25) is 20.4 Å². The maximum absolute atomic E-state index is 12.0. The number of hydrogen-bond acceptors (Lipinski definition) is 3. The predicted octanol–water partition coefficient (Wildman–Crippen LogP) is 2.46. The van der Waals surface area contributed by atoms with Gasteiger partial charge in [0, 0.05) is 19.7 Å². The highest BCUT2D eigenvalue weighted by Crippen LogP contribution is 2.21. The molecule has 0 saturated carbocycles. The van der Waals surface area contributed by atoms with E-state index in [9.17, 15) is 9.59 Å². The van der Waals surface area contributed by atoms with Gasteiger partial charge >= 0.3 is 0 Å². The summed E-state index contributed by atoms with van der Waals surface area (Å²) < 4.78 is 7.31. The lowest BCUT2D eigenvalue weighted by molar-refractivity contribution is -0.123. The number of amides is 2. The molecule has 3 aromatic rings. The molecule has 2 N–H and O–H groups in total. The van der Waals surface area contributed by atoms with Crippen molar-refractivity contribution in [2.45, 2.75) is 6.42 Å². The van der Waals surface area contributed by atoms with Gasteiger partial charge in [-0.05, 0) is 29.3 Å². The number of para-hydroxylation sites is 1. The van der Waals surface area contributed by atoms with Crippen LogP contribution in [0.1, 0.15) is 21.6 Å². The molecule has 6 nitrogen and oxygen atoms in total. The second-order valence-electron chi connectivity index (χ2n) is 6.07. The van der Waals surface area contributed by atoms with Gasteiger partial charge in [0.1, 0.15) is 11.4 Å². The van der Waals surface area contributed by atoms with Gasteiger partial charge in [0.15, 0.2) is 6.61 Å². The van der Waals surface area contributed by atoms with E-state index in [0.717, 1.165) is 11.1 Å². The summed E-state index contributed by atoms with van der Waals surface area (Å²) in [5, 5.41) is 0. The molecule has 0 saturated heterocycles. The molecule has 0 radical (unpaired) electrons. The number of rotatable bonds is 6. The van der Waals surface area contributed by atoms with Gasteiger partial charge in [-0.15, -0.1) is 0 Å². The lowest BCUT2D eigenvalue weighted by atomic mass is 10.0. The van der Waals surface area contributed by atoms with Crippen molar-refractivity contribution in [1.29, 1.82) is 0 Å². The molecule has 3 rings (SSSR count). The molecule has 0 atom stereocenters. The molecule has 2 aromatic carbocycles. The van der Waals surface area contributed by atoms with E-state index in [1.807, 2.05) is 54.6 Å². The molecule has 138 valence electrons. The predicted molar refractivity (Wildman–Crippen MR) is 102 cm³/mol. The lowest BCUT2D eigenvalue weighted by Gasteiger charge is -2.12. The van der Waals surface area contributed by atoms with Crippen LogP contribution in [-0.2, 0) is 18.3 Å². The second-order valence-corrected chi connectivity index (χ2v) is 6.07. The molecule has 0 aliphatic heterocycles. The molecule has 27 heavy (non-hydrogen) atoms. The molecule has 0 bridgehead atoms. The molecule has 0 unspecified atom stereocenters. The molecule has 0 spiro atoms. The van der Waals surface area contributed by atoms with Crippen LogP contribution in [0, 0.1) is 0 Å². The topological polar surface area (TPSA) is 72.4 Å². The highest BCUT2D eigenvalue weighted by molar-refractivity contribution is 5.94. The van der Waals surface area contributed by atoms with Gasteiger partial charge in [0.2, 0.25) is 0 Å². The van der Waals surface area contributed by atoms with Crippen LogP contribution in [-0.4, -0.2) is 23.0 Å². The maximum Gasteiger partial charge on any atom is 0.286 e. The van der Waals surface area contributed by atoms with Crippen LogP contribution in [0.4, 0.5) is 0 Å². The molecular weight excluding hydrogens is 342 g/mol. The monoisotopic (exact) mass is 363 g/mol. The van der Waals surface area contributed by atoms with Crippen LogP contribution >= 0.6 is 0 Å². The molecular formula is C21H21N3O3. The highest BCUT2D eigenvalue weighted by atomic mass is 16.5. The van der Waals surface area contributed by atoms with Crippen LogP contribution in [0.2, 0.25) is 0 Å². The Morgan fingerprint density at radius 1 is 0.926 bits per heavy atom. The van der Waals surface area contributed by atoms with Crippen LogP contribution in [0.5, 0.6) is 5.75 Å². The first kappa shape index (κ1) is 18.3. The third-order valence-electron chi connectivity index (χ3n) is 4.06. The summed E-state index contributed by atoms with van der Waals surface area (Å²) in [4.78, 5) is 24.0. The van der Waals surface area contributed by atoms with Crippen molar-refractivity contribution < 1.29 is 14.3 Å². The molecule has 1 heterocycles. The number of benzene rings is 2. The van der Waals surface area contributed by atoms with E-state index in [-0.39, 0.29) is 12.5 Å². The van der Waals surface area contributed by atoms with E-state index < -0.39 is 5.91 Å². The van der Waals surface area contributed by atoms with E-state index in [1.165, 1.54) is 0 Å². The van der Waals surface area contributed by atoms with Gasteiger partial charge in [0.05, 0.1) is 0 Å². The van der Waals surface area contributed by atoms with E-state index in [0.29, 0.717) is 17.9 Å². The van der Waals surface area contributed by atoms with E-state index in [4.69, 9.17) is 4.74 Å². The Morgan fingerprint density at radius 3 is 2.41 bits per heavy atom. The van der Waals surface area contributed by atoms with Crippen LogP contribution in [0.25, 0.3) is 0 Å². The standard InChI is InChI=1S/C21H21N3O3/c1-24-13-7-11-18(24)21(26)23-22-20(25)15-27-19-12-6-5-10-17(19)14-16-8-3-2-4-9-16/h2-13H,14-15H2,1H3,(H,22,25)(H,23,26). The number of nitrogens with zero attached hydrogens (tertiary/aromatic N) is 1. The average Bonchev–Trinajstić information content (AvgIpc) is 3.12. The first-order valence-corrected chi connectivity index (χ1v) is 8.58. The van der Waals surface area contributed by atoms with Gasteiger partial charge in [-0.2, -0.15) is 0 Å². The minimum absolute atomic E-state index is 0.195. The van der Waals surface area contributed by atoms with Gasteiger partial charge in [-0.25, -0.2) is 0 Å². The maximum atomic E-state index is 12.0. The zero-order valence-corrected chi connectivity index (χ0v) is 15.0. The number of hydrogen-bond donors (Lipinski definition) is 2. The second kappa shape index (κ2) is 8.71. The molecule has 0 aliphatic carbocycles. The summed E-state index contributed by atoms with van der Waals surface area (Å²) in [7, 11) is 1.75. The third-order valence-corrected chi connectivity index (χ3v) is 4.06. The Morgan fingerprint density at radius 2 is 1.67 bits per heavy atom. The summed E-state index contributed by atoms with van der Waals surface area (Å²) >= 11 is 0. The van der Waals surface area contributed by atoms with E-state index >= 15 is 0 Å². The number of ether oxygens (including phenoxy) is 1. The van der Waals surface area contributed by atoms with Crippen LogP contribution in [0.3, 0.4) is 0 Å². The van der Waals surface area contributed by atoms with E-state index in [1.54, 1.807) is 29.9 Å². The SMILES string of the molecule is Cn1cccc1C(=O)NNC(=O)COc1ccccc1Cc1ccccc1. The van der Waals surface area contributed by atoms with Crippen LogP contribution < -0.4 is 15.6 Å². The number of nitrogens with one attached hydrogen (secondary N) is 2. The number of aromatic nitrogens is 1. The lowest BCUT2D eigenvalue weighted by Crippen LogP contribution is -2.44. The number of aryl methyl sites for hydroxylation is 1. The van der Waals surface area contributed by atoms with Crippen molar-refractivity contribution >= 4 is 11.8 Å². The number of carbonyl (C=O) groups excluding carboxylic acids is 2. The zero-order chi connectivity index (χ0) is 19.1. The van der Waals surface area contributed by atoms with Gasteiger partial charge < -0.3 is 9.30 Å². The average molecular weight is 363 g/mol. The van der Waals surface area contributed by atoms with Crippen molar-refractivity contribution in [2.75, 3.05) is 6.61 Å². The molecule has 0 aliphatic rings. The van der Waals surface area contributed by atoms with Crippen molar-refractivity contribution in [2.24, 2.45) is 7.05 Å². The molecule has 1 aromatic heterocycles. The van der Waals surface area contributed by atoms with Crippen molar-refractivity contribution in [3.05, 3.63) is 89.7 Å². The Balaban J connectivity index is 1.53. The fraction of sp³-hybridized carbons (Fsp3) is 0.143. The minimum Gasteiger partial charge on any atom is -0.483 e. The molecule has 6 heteroatoms. The number of carbonyl (C=O) groups is 2. The van der Waals surface area contributed by atoms with Gasteiger partial charge in [-0.1, -0.05) is 48.5 Å². The first-order chi connectivity index (χ1) is 13.1. The normalized spacial score (nSPS) is 10.3. The third kappa shape index (κ3) is 4.98. The fourth-order valence-corrected chi connectivity index (χ4v) is 2.67. The quantitative estimate of drug-likeness (QED) is 0.661. The first-order valence-electron chi connectivity index (χ1n) is 8.58. The Kier molecular flexibility index (Phi) is 5.89. The van der Waals surface area contributed by atoms with Crippen molar-refractivity contribution in [1.82, 2.24) is 15.4 Å². The van der Waals surface area contributed by atoms with E-state index in [2.05, 4.69) is 10.9 Å². The zero-order valence-electron chi connectivity index (χ0n) is 15.0. The summed E-state index contributed by atoms with van der Waals surface area (Å²) in [6.07, 6.45) is 2.46. The summed E-state index contributed by atoms with van der Waals surface area (Å²) in [6, 6.07) is 21.0. The minimum atomic E-state index is -0.438. The molecule has 2 amide bonds. The van der Waals surface area contributed by atoms with Crippen molar-refractivity contribution in [3.8, 4) is 5.75 Å². The van der Waals surface area contributed by atoms with Gasteiger partial charge in [0.25, 0.3) is 11.8 Å². The largest absolute Gasteiger partial charge is 0.483 e. The Bertz CT molecular complexity index is 919. The Labute approximate surface area is 157 Å². The summed E-state index contributed by atoms with van der Waals surface area (Å²) in [5.74, 6) is -0.183. The number of hydrazine groups is 1. The summed E-state index contributed by atoms with van der Waals surface area (Å²) in [5.41, 5.74) is 7.34. The fourth-order valence-electron chi connectivity index (χ4n) is 2.67. The molecule has 0 fully saturated rings. The summed E-state index contributed by atoms with van der Waals surface area (Å²) in [6.45, 7) is -0.195. The van der Waals surface area contributed by atoms with Crippen LogP contribution in [0.15, 0.2) is 72.9 Å².